The Morgan fingerprint density at radius 1 is 1.16 bits per heavy atom. The molecule has 2 aromatic rings. The predicted molar refractivity (Wildman–Crippen MR) is 78.0 cm³/mol. The van der Waals surface area contributed by atoms with Crippen molar-refractivity contribution in [3.8, 4) is 12.3 Å². The zero-order valence-corrected chi connectivity index (χ0v) is 10.9. The van der Waals surface area contributed by atoms with Crippen LogP contribution in [0.2, 0.25) is 0 Å². The van der Waals surface area contributed by atoms with E-state index >= 15 is 0 Å². The summed E-state index contributed by atoms with van der Waals surface area (Å²) < 4.78 is 0. The van der Waals surface area contributed by atoms with Crippen LogP contribution in [0.25, 0.3) is 0 Å². The number of carbonyl (C=O) groups is 1. The van der Waals surface area contributed by atoms with Gasteiger partial charge in [0.25, 0.3) is 0 Å². The van der Waals surface area contributed by atoms with E-state index in [2.05, 4.69) is 11.2 Å². The van der Waals surface area contributed by atoms with Gasteiger partial charge < -0.3 is 5.32 Å². The average Bonchev–Trinajstić information content (AvgIpc) is 2.47. The molecule has 19 heavy (non-hydrogen) atoms. The minimum Gasteiger partial charge on any atom is -0.324 e. The van der Waals surface area contributed by atoms with Crippen molar-refractivity contribution in [1.82, 2.24) is 0 Å². The zero-order chi connectivity index (χ0) is 13.7. The van der Waals surface area contributed by atoms with Crippen LogP contribution in [-0.2, 0) is 4.79 Å². The summed E-state index contributed by atoms with van der Waals surface area (Å²) in [6, 6.07) is 16.3. The maximum atomic E-state index is 12.0. The van der Waals surface area contributed by atoms with Crippen LogP contribution in [0.1, 0.15) is 16.5 Å². The van der Waals surface area contributed by atoms with Crippen molar-refractivity contribution >= 4 is 23.2 Å². The summed E-state index contributed by atoms with van der Waals surface area (Å²) in [6.45, 7) is 0. The van der Waals surface area contributed by atoms with Gasteiger partial charge in [-0.05, 0) is 23.8 Å². The molecule has 1 amide bonds. The molecule has 0 aliphatic carbocycles. The van der Waals surface area contributed by atoms with E-state index in [0.29, 0.717) is 11.3 Å². The number of benzene rings is 2. The first kappa shape index (κ1) is 13.2. The number of halogens is 1. The van der Waals surface area contributed by atoms with Crippen molar-refractivity contribution in [3.63, 3.8) is 0 Å². The van der Waals surface area contributed by atoms with Gasteiger partial charge in [0.15, 0.2) is 0 Å². The molecular formula is C16H12ClNO. The number of nitrogens with one attached hydrogen (secondary N) is 1. The fraction of sp³-hybridized carbons (Fsp3) is 0.0625. The van der Waals surface area contributed by atoms with E-state index in [4.69, 9.17) is 18.0 Å². The maximum absolute atomic E-state index is 12.0. The Hall–Kier alpha value is -2.24. The molecule has 0 radical (unpaired) electrons. The molecule has 1 unspecified atom stereocenters. The van der Waals surface area contributed by atoms with E-state index in [9.17, 15) is 4.79 Å². The maximum Gasteiger partial charge on any atom is 0.246 e. The highest BCUT2D eigenvalue weighted by atomic mass is 35.5. The molecule has 2 nitrogen and oxygen atoms in total. The molecule has 0 fully saturated rings. The summed E-state index contributed by atoms with van der Waals surface area (Å²) in [5.74, 6) is 2.24. The third-order valence-corrected chi connectivity index (χ3v) is 3.07. The van der Waals surface area contributed by atoms with E-state index < -0.39 is 5.38 Å². The standard InChI is InChI=1S/C16H12ClNO/c1-2-12-7-6-10-14(11-12)18-16(19)15(17)13-8-4-3-5-9-13/h1,3-11,15H,(H,18,19). The predicted octanol–water partition coefficient (Wildman–Crippen LogP) is 3.59. The lowest BCUT2D eigenvalue weighted by atomic mass is 10.1. The molecule has 0 saturated heterocycles. The molecule has 0 bridgehead atoms. The number of terminal acetylenes is 1. The van der Waals surface area contributed by atoms with Crippen LogP contribution in [0.4, 0.5) is 5.69 Å². The van der Waals surface area contributed by atoms with Crippen LogP contribution in [0.5, 0.6) is 0 Å². The molecular weight excluding hydrogens is 258 g/mol. The summed E-state index contributed by atoms with van der Waals surface area (Å²) in [5.41, 5.74) is 2.11. The van der Waals surface area contributed by atoms with Crippen LogP contribution in [0.3, 0.4) is 0 Å². The highest BCUT2D eigenvalue weighted by Crippen LogP contribution is 2.22. The first-order valence-corrected chi connectivity index (χ1v) is 6.21. The second kappa shape index (κ2) is 6.08. The second-order valence-electron chi connectivity index (χ2n) is 3.99. The largest absolute Gasteiger partial charge is 0.324 e. The highest BCUT2D eigenvalue weighted by molar-refractivity contribution is 6.32. The normalized spacial score (nSPS) is 11.4. The Balaban J connectivity index is 2.11. The Bertz CT molecular complexity index is 616. The minimum absolute atomic E-state index is 0.276. The molecule has 0 spiro atoms. The lowest BCUT2D eigenvalue weighted by Gasteiger charge is -2.11. The van der Waals surface area contributed by atoms with Gasteiger partial charge in [0.1, 0.15) is 5.38 Å². The van der Waals surface area contributed by atoms with Gasteiger partial charge in [-0.2, -0.15) is 0 Å². The molecule has 1 N–H and O–H groups in total. The molecule has 0 heterocycles. The van der Waals surface area contributed by atoms with Gasteiger partial charge in [-0.3, -0.25) is 4.79 Å². The van der Waals surface area contributed by atoms with E-state index in [0.717, 1.165) is 5.56 Å². The quantitative estimate of drug-likeness (QED) is 0.670. The van der Waals surface area contributed by atoms with Crippen molar-refractivity contribution in [1.29, 1.82) is 0 Å². The highest BCUT2D eigenvalue weighted by Gasteiger charge is 2.17. The Morgan fingerprint density at radius 2 is 1.89 bits per heavy atom. The van der Waals surface area contributed by atoms with Gasteiger partial charge in [0.05, 0.1) is 0 Å². The Labute approximate surface area is 117 Å². The monoisotopic (exact) mass is 269 g/mol. The molecule has 0 aliphatic rings. The summed E-state index contributed by atoms with van der Waals surface area (Å²) in [5, 5.41) is 2.02. The smallest absolute Gasteiger partial charge is 0.246 e. The van der Waals surface area contributed by atoms with Crippen molar-refractivity contribution in [3.05, 3.63) is 65.7 Å². The lowest BCUT2D eigenvalue weighted by Crippen LogP contribution is -2.17. The SMILES string of the molecule is C#Cc1cccc(NC(=O)C(Cl)c2ccccc2)c1. The summed E-state index contributed by atoms with van der Waals surface area (Å²) in [7, 11) is 0. The molecule has 2 aromatic carbocycles. The molecule has 0 aromatic heterocycles. The third-order valence-electron chi connectivity index (χ3n) is 2.62. The lowest BCUT2D eigenvalue weighted by molar-refractivity contribution is -0.116. The molecule has 94 valence electrons. The number of rotatable bonds is 3. The number of carbonyl (C=O) groups excluding carboxylic acids is 1. The number of hydrogen-bond acceptors (Lipinski definition) is 1. The molecule has 0 saturated carbocycles. The first-order valence-electron chi connectivity index (χ1n) is 5.77. The number of anilines is 1. The Kier molecular flexibility index (Phi) is 4.22. The van der Waals surface area contributed by atoms with E-state index in [1.165, 1.54) is 0 Å². The average molecular weight is 270 g/mol. The van der Waals surface area contributed by atoms with Gasteiger partial charge in [-0.15, -0.1) is 18.0 Å². The van der Waals surface area contributed by atoms with Crippen LogP contribution < -0.4 is 5.32 Å². The molecule has 0 aliphatic heterocycles. The van der Waals surface area contributed by atoms with Crippen LogP contribution >= 0.6 is 11.6 Å². The summed E-state index contributed by atoms with van der Waals surface area (Å²) >= 11 is 6.13. The van der Waals surface area contributed by atoms with E-state index in [1.54, 1.807) is 24.3 Å². The van der Waals surface area contributed by atoms with Crippen molar-refractivity contribution in [2.45, 2.75) is 5.38 Å². The number of alkyl halides is 1. The second-order valence-corrected chi connectivity index (χ2v) is 4.42. The van der Waals surface area contributed by atoms with Crippen LogP contribution in [-0.4, -0.2) is 5.91 Å². The number of amides is 1. The molecule has 2 rings (SSSR count). The molecule has 3 heteroatoms. The van der Waals surface area contributed by atoms with Gasteiger partial charge in [-0.25, -0.2) is 0 Å². The van der Waals surface area contributed by atoms with Gasteiger partial charge in [0, 0.05) is 11.3 Å². The summed E-state index contributed by atoms with van der Waals surface area (Å²) in [6.07, 6.45) is 5.31. The third kappa shape index (κ3) is 3.37. The summed E-state index contributed by atoms with van der Waals surface area (Å²) in [4.78, 5) is 12.0. The topological polar surface area (TPSA) is 29.1 Å². The van der Waals surface area contributed by atoms with Crippen molar-refractivity contribution in [2.24, 2.45) is 0 Å². The fourth-order valence-electron chi connectivity index (χ4n) is 1.67. The van der Waals surface area contributed by atoms with E-state index in [1.807, 2.05) is 30.3 Å². The van der Waals surface area contributed by atoms with Gasteiger partial charge in [-0.1, -0.05) is 42.3 Å². The van der Waals surface area contributed by atoms with Gasteiger partial charge >= 0.3 is 0 Å². The van der Waals surface area contributed by atoms with Crippen molar-refractivity contribution < 1.29 is 4.79 Å². The van der Waals surface area contributed by atoms with E-state index in [-0.39, 0.29) is 5.91 Å². The Morgan fingerprint density at radius 3 is 2.58 bits per heavy atom. The minimum atomic E-state index is -0.726. The number of hydrogen-bond donors (Lipinski definition) is 1. The zero-order valence-electron chi connectivity index (χ0n) is 10.1. The first-order chi connectivity index (χ1) is 9.20. The van der Waals surface area contributed by atoms with Crippen LogP contribution in [0.15, 0.2) is 54.6 Å². The van der Waals surface area contributed by atoms with Gasteiger partial charge in [0.2, 0.25) is 5.91 Å². The van der Waals surface area contributed by atoms with Crippen LogP contribution in [0, 0.1) is 12.3 Å². The fourth-order valence-corrected chi connectivity index (χ4v) is 1.87. The van der Waals surface area contributed by atoms with Crippen molar-refractivity contribution in [2.75, 3.05) is 5.32 Å². The molecule has 1 atom stereocenters.